The monoisotopic (exact) mass is 261 g/mol. The van der Waals surface area contributed by atoms with Crippen molar-refractivity contribution in [3.8, 4) is 0 Å². The van der Waals surface area contributed by atoms with Crippen molar-refractivity contribution >= 4 is 5.69 Å². The van der Waals surface area contributed by atoms with Crippen LogP contribution in [0.1, 0.15) is 45.6 Å². The highest BCUT2D eigenvalue weighted by atomic mass is 15.1. The molecule has 0 saturated carbocycles. The number of pyridine rings is 1. The van der Waals surface area contributed by atoms with Crippen LogP contribution >= 0.6 is 0 Å². The molecule has 3 heteroatoms. The zero-order valence-corrected chi connectivity index (χ0v) is 12.6. The maximum absolute atomic E-state index is 4.33. The molecule has 1 N–H and O–H groups in total. The fourth-order valence-electron chi connectivity index (χ4n) is 2.77. The Hall–Kier alpha value is -1.09. The van der Waals surface area contributed by atoms with E-state index in [1.807, 2.05) is 12.4 Å². The fourth-order valence-corrected chi connectivity index (χ4v) is 2.77. The zero-order valence-electron chi connectivity index (χ0n) is 12.6. The summed E-state index contributed by atoms with van der Waals surface area (Å²) in [4.78, 5) is 6.85. The molecule has 2 heterocycles. The van der Waals surface area contributed by atoms with E-state index >= 15 is 0 Å². The summed E-state index contributed by atoms with van der Waals surface area (Å²) in [6, 6.07) is 2.15. The first-order valence-corrected chi connectivity index (χ1v) is 7.51. The third kappa shape index (κ3) is 3.93. The summed E-state index contributed by atoms with van der Waals surface area (Å²) in [6.45, 7) is 11.2. The van der Waals surface area contributed by atoms with Crippen molar-refractivity contribution in [3.63, 3.8) is 0 Å². The van der Waals surface area contributed by atoms with Gasteiger partial charge in [0.2, 0.25) is 0 Å². The Labute approximate surface area is 117 Å². The van der Waals surface area contributed by atoms with E-state index in [0.717, 1.165) is 26.2 Å². The minimum absolute atomic E-state index is 0.485. The SMILES string of the molecule is CCNCc1ccncc1N1CCCC(C)(C)CC1. The highest BCUT2D eigenvalue weighted by Crippen LogP contribution is 2.32. The quantitative estimate of drug-likeness (QED) is 0.902. The summed E-state index contributed by atoms with van der Waals surface area (Å²) in [5.41, 5.74) is 3.18. The maximum atomic E-state index is 4.33. The molecule has 0 aliphatic carbocycles. The third-order valence-corrected chi connectivity index (χ3v) is 4.13. The van der Waals surface area contributed by atoms with E-state index < -0.39 is 0 Å². The standard InChI is InChI=1S/C16H27N3/c1-4-17-12-14-6-9-18-13-15(14)19-10-5-7-16(2,3)8-11-19/h6,9,13,17H,4-5,7-8,10-12H2,1-3H3. The lowest BCUT2D eigenvalue weighted by atomic mass is 9.85. The molecule has 19 heavy (non-hydrogen) atoms. The molecule has 0 unspecified atom stereocenters. The molecule has 1 aliphatic rings. The average Bonchev–Trinajstić information content (AvgIpc) is 2.58. The summed E-state index contributed by atoms with van der Waals surface area (Å²) >= 11 is 0. The lowest BCUT2D eigenvalue weighted by Gasteiger charge is -2.26. The van der Waals surface area contributed by atoms with E-state index in [1.165, 1.54) is 30.5 Å². The Bertz CT molecular complexity index is 401. The predicted molar refractivity (Wildman–Crippen MR) is 81.5 cm³/mol. The Morgan fingerprint density at radius 1 is 1.32 bits per heavy atom. The molecule has 1 aromatic rings. The molecule has 1 fully saturated rings. The van der Waals surface area contributed by atoms with E-state index in [2.05, 4.69) is 42.0 Å². The van der Waals surface area contributed by atoms with Crippen molar-refractivity contribution in [3.05, 3.63) is 24.0 Å². The molecule has 0 radical (unpaired) electrons. The van der Waals surface area contributed by atoms with Crippen LogP contribution in [0.25, 0.3) is 0 Å². The van der Waals surface area contributed by atoms with E-state index in [1.54, 1.807) is 0 Å². The summed E-state index contributed by atoms with van der Waals surface area (Å²) in [5, 5.41) is 3.42. The van der Waals surface area contributed by atoms with Crippen LogP contribution in [0.4, 0.5) is 5.69 Å². The van der Waals surface area contributed by atoms with Crippen molar-refractivity contribution < 1.29 is 0 Å². The average molecular weight is 261 g/mol. The topological polar surface area (TPSA) is 28.2 Å². The zero-order chi connectivity index (χ0) is 13.7. The Morgan fingerprint density at radius 3 is 2.95 bits per heavy atom. The Kier molecular flexibility index (Phi) is 4.81. The van der Waals surface area contributed by atoms with Gasteiger partial charge in [-0.25, -0.2) is 0 Å². The van der Waals surface area contributed by atoms with Crippen molar-refractivity contribution in [2.45, 2.75) is 46.6 Å². The molecule has 106 valence electrons. The smallest absolute Gasteiger partial charge is 0.0598 e. The molecule has 1 aromatic heterocycles. The summed E-state index contributed by atoms with van der Waals surface area (Å²) in [6.07, 6.45) is 7.81. The number of anilines is 1. The van der Waals surface area contributed by atoms with Gasteiger partial charge in [-0.3, -0.25) is 4.98 Å². The van der Waals surface area contributed by atoms with Gasteiger partial charge in [-0.2, -0.15) is 0 Å². The van der Waals surface area contributed by atoms with Crippen LogP contribution < -0.4 is 10.2 Å². The second kappa shape index (κ2) is 6.38. The molecule has 0 aromatic carbocycles. The van der Waals surface area contributed by atoms with Gasteiger partial charge >= 0.3 is 0 Å². The number of aromatic nitrogens is 1. The maximum Gasteiger partial charge on any atom is 0.0598 e. The van der Waals surface area contributed by atoms with Crippen LogP contribution in [0.3, 0.4) is 0 Å². The predicted octanol–water partition coefficient (Wildman–Crippen LogP) is 3.21. The Morgan fingerprint density at radius 2 is 2.16 bits per heavy atom. The van der Waals surface area contributed by atoms with Crippen LogP contribution in [0.15, 0.2) is 18.5 Å². The molecule has 0 spiro atoms. The van der Waals surface area contributed by atoms with Gasteiger partial charge in [0.1, 0.15) is 0 Å². The van der Waals surface area contributed by atoms with Crippen LogP contribution in [-0.4, -0.2) is 24.6 Å². The number of nitrogens with one attached hydrogen (secondary N) is 1. The normalized spacial score (nSPS) is 19.2. The lowest BCUT2D eigenvalue weighted by Crippen LogP contribution is -2.27. The van der Waals surface area contributed by atoms with E-state index in [-0.39, 0.29) is 0 Å². The van der Waals surface area contributed by atoms with Crippen molar-refractivity contribution in [2.24, 2.45) is 5.41 Å². The lowest BCUT2D eigenvalue weighted by molar-refractivity contribution is 0.325. The summed E-state index contributed by atoms with van der Waals surface area (Å²) < 4.78 is 0. The van der Waals surface area contributed by atoms with Gasteiger partial charge in [0.15, 0.2) is 0 Å². The molecule has 1 saturated heterocycles. The van der Waals surface area contributed by atoms with Gasteiger partial charge in [-0.15, -0.1) is 0 Å². The molecular formula is C16H27N3. The molecule has 0 amide bonds. The first kappa shape index (κ1) is 14.3. The highest BCUT2D eigenvalue weighted by molar-refractivity contribution is 5.51. The van der Waals surface area contributed by atoms with Crippen LogP contribution in [0.5, 0.6) is 0 Å². The van der Waals surface area contributed by atoms with E-state index in [0.29, 0.717) is 5.41 Å². The molecule has 2 rings (SSSR count). The van der Waals surface area contributed by atoms with Gasteiger partial charge < -0.3 is 10.2 Å². The van der Waals surface area contributed by atoms with Gasteiger partial charge in [0.05, 0.1) is 11.9 Å². The van der Waals surface area contributed by atoms with Gasteiger partial charge in [0.25, 0.3) is 0 Å². The largest absolute Gasteiger partial charge is 0.370 e. The molecule has 3 nitrogen and oxygen atoms in total. The second-order valence-electron chi connectivity index (χ2n) is 6.29. The number of nitrogens with zero attached hydrogens (tertiary/aromatic N) is 2. The molecular weight excluding hydrogens is 234 g/mol. The number of rotatable bonds is 4. The molecule has 1 aliphatic heterocycles. The Balaban J connectivity index is 2.12. The first-order chi connectivity index (χ1) is 9.12. The van der Waals surface area contributed by atoms with Crippen molar-refractivity contribution in [2.75, 3.05) is 24.5 Å². The minimum atomic E-state index is 0.485. The van der Waals surface area contributed by atoms with Crippen molar-refractivity contribution in [1.82, 2.24) is 10.3 Å². The fraction of sp³-hybridized carbons (Fsp3) is 0.688. The van der Waals surface area contributed by atoms with Crippen molar-refractivity contribution in [1.29, 1.82) is 0 Å². The van der Waals surface area contributed by atoms with Gasteiger partial charge in [0, 0.05) is 25.8 Å². The van der Waals surface area contributed by atoms with Gasteiger partial charge in [-0.05, 0) is 42.9 Å². The van der Waals surface area contributed by atoms with Crippen LogP contribution in [0, 0.1) is 5.41 Å². The first-order valence-electron chi connectivity index (χ1n) is 7.51. The third-order valence-electron chi connectivity index (χ3n) is 4.13. The number of hydrogen-bond acceptors (Lipinski definition) is 3. The summed E-state index contributed by atoms with van der Waals surface area (Å²) in [7, 11) is 0. The molecule has 0 bridgehead atoms. The van der Waals surface area contributed by atoms with Gasteiger partial charge in [-0.1, -0.05) is 20.8 Å². The van der Waals surface area contributed by atoms with E-state index in [4.69, 9.17) is 0 Å². The minimum Gasteiger partial charge on any atom is -0.370 e. The highest BCUT2D eigenvalue weighted by Gasteiger charge is 2.24. The van der Waals surface area contributed by atoms with Crippen LogP contribution in [-0.2, 0) is 6.54 Å². The van der Waals surface area contributed by atoms with Crippen LogP contribution in [0.2, 0.25) is 0 Å². The number of hydrogen-bond donors (Lipinski definition) is 1. The second-order valence-corrected chi connectivity index (χ2v) is 6.29. The molecule has 0 atom stereocenters. The van der Waals surface area contributed by atoms with E-state index in [9.17, 15) is 0 Å². The summed E-state index contributed by atoms with van der Waals surface area (Å²) in [5.74, 6) is 0.